The number of aryl methyl sites for hydroxylation is 1. The Kier molecular flexibility index (Phi) is 4.04. The van der Waals surface area contributed by atoms with Crippen LogP contribution in [0.2, 0.25) is 0 Å². The average Bonchev–Trinajstić information content (AvgIpc) is 3.15. The second-order valence-electron chi connectivity index (χ2n) is 6.65. The van der Waals surface area contributed by atoms with Gasteiger partial charge in [0, 0.05) is 34.4 Å². The lowest BCUT2D eigenvalue weighted by molar-refractivity contribution is 0.170. The van der Waals surface area contributed by atoms with Gasteiger partial charge in [-0.1, -0.05) is 12.8 Å². The van der Waals surface area contributed by atoms with Crippen LogP contribution in [0.25, 0.3) is 10.4 Å². The molecule has 2 aliphatic rings. The summed E-state index contributed by atoms with van der Waals surface area (Å²) in [4.78, 5) is 5.04. The van der Waals surface area contributed by atoms with E-state index in [9.17, 15) is 5.11 Å². The average molecular weight is 329 g/mol. The van der Waals surface area contributed by atoms with Crippen molar-refractivity contribution >= 4 is 11.3 Å². The lowest BCUT2D eigenvalue weighted by atomic mass is 10.1. The quantitative estimate of drug-likeness (QED) is 0.876. The molecule has 23 heavy (non-hydrogen) atoms. The molecule has 1 aliphatic carbocycles. The third-order valence-corrected chi connectivity index (χ3v) is 6.06. The minimum absolute atomic E-state index is 0.275. The molecule has 0 amide bonds. The monoisotopic (exact) mass is 329 g/mol. The van der Waals surface area contributed by atoms with Gasteiger partial charge in [0.25, 0.3) is 0 Å². The predicted molar refractivity (Wildman–Crippen MR) is 94.3 cm³/mol. The third kappa shape index (κ3) is 2.98. The van der Waals surface area contributed by atoms with Crippen molar-refractivity contribution in [2.24, 2.45) is 0 Å². The van der Waals surface area contributed by atoms with Gasteiger partial charge in [0.1, 0.15) is 6.61 Å². The van der Waals surface area contributed by atoms with Crippen LogP contribution in [0.4, 0.5) is 0 Å². The van der Waals surface area contributed by atoms with E-state index in [2.05, 4.69) is 30.0 Å². The van der Waals surface area contributed by atoms with Gasteiger partial charge in [-0.25, -0.2) is 0 Å². The van der Waals surface area contributed by atoms with Gasteiger partial charge in [-0.15, -0.1) is 11.3 Å². The van der Waals surface area contributed by atoms with Gasteiger partial charge in [0.2, 0.25) is 0 Å². The topological polar surface area (TPSA) is 32.7 Å². The predicted octanol–water partition coefficient (Wildman–Crippen LogP) is 4.57. The molecule has 1 aliphatic heterocycles. The van der Waals surface area contributed by atoms with Crippen molar-refractivity contribution in [3.63, 3.8) is 0 Å². The number of phenols is 1. The van der Waals surface area contributed by atoms with Crippen LogP contribution in [0, 0.1) is 6.92 Å². The first-order chi connectivity index (χ1) is 11.2. The summed E-state index contributed by atoms with van der Waals surface area (Å²) in [7, 11) is 0. The highest BCUT2D eigenvalue weighted by atomic mass is 32.1. The van der Waals surface area contributed by atoms with Gasteiger partial charge in [-0.2, -0.15) is 0 Å². The molecule has 122 valence electrons. The van der Waals surface area contributed by atoms with Crippen LogP contribution >= 0.6 is 11.3 Å². The van der Waals surface area contributed by atoms with Crippen molar-refractivity contribution in [2.45, 2.75) is 45.2 Å². The van der Waals surface area contributed by atoms with E-state index < -0.39 is 0 Å². The molecule has 1 aromatic heterocycles. The lowest BCUT2D eigenvalue weighted by Gasteiger charge is -2.26. The molecule has 2 aromatic rings. The number of phenolic OH excluding ortho intramolecular Hbond substituents is 1. The summed E-state index contributed by atoms with van der Waals surface area (Å²) in [5.41, 5.74) is 2.21. The first kappa shape index (κ1) is 15.0. The molecule has 1 fully saturated rings. The summed E-state index contributed by atoms with van der Waals surface area (Å²) in [6, 6.07) is 8.99. The van der Waals surface area contributed by atoms with Gasteiger partial charge in [-0.05, 0) is 49.6 Å². The fourth-order valence-electron chi connectivity index (χ4n) is 3.83. The van der Waals surface area contributed by atoms with Crippen molar-refractivity contribution in [1.82, 2.24) is 4.90 Å². The second-order valence-corrected chi connectivity index (χ2v) is 7.94. The van der Waals surface area contributed by atoms with Crippen molar-refractivity contribution in [3.8, 4) is 21.9 Å². The van der Waals surface area contributed by atoms with E-state index in [1.807, 2.05) is 6.07 Å². The minimum atomic E-state index is 0.275. The number of fused-ring (bicyclic) bond motifs is 1. The summed E-state index contributed by atoms with van der Waals surface area (Å²) < 4.78 is 5.88. The van der Waals surface area contributed by atoms with Crippen molar-refractivity contribution in [1.29, 1.82) is 0 Å². The molecule has 0 atom stereocenters. The molecule has 1 saturated carbocycles. The van der Waals surface area contributed by atoms with Crippen molar-refractivity contribution < 1.29 is 9.84 Å². The largest absolute Gasteiger partial charge is 0.504 e. The highest BCUT2D eigenvalue weighted by Crippen LogP contribution is 2.40. The normalized spacial score (nSPS) is 19.3. The van der Waals surface area contributed by atoms with E-state index >= 15 is 0 Å². The minimum Gasteiger partial charge on any atom is -0.504 e. The van der Waals surface area contributed by atoms with E-state index in [-0.39, 0.29) is 5.75 Å². The Bertz CT molecular complexity index is 703. The number of hydrogen-bond donors (Lipinski definition) is 1. The van der Waals surface area contributed by atoms with Crippen LogP contribution in [0.1, 0.15) is 36.1 Å². The molecule has 3 nitrogen and oxygen atoms in total. The molecule has 1 aromatic carbocycles. The summed E-state index contributed by atoms with van der Waals surface area (Å²) in [6.45, 7) is 4.61. The fraction of sp³-hybridized carbons (Fsp3) is 0.474. The second kappa shape index (κ2) is 6.17. The van der Waals surface area contributed by atoms with E-state index in [0.29, 0.717) is 18.4 Å². The van der Waals surface area contributed by atoms with Gasteiger partial charge in [-0.3, -0.25) is 4.90 Å². The molecule has 0 unspecified atom stereocenters. The van der Waals surface area contributed by atoms with E-state index in [4.69, 9.17) is 4.74 Å². The molecule has 4 heteroatoms. The Labute approximate surface area is 141 Å². The summed E-state index contributed by atoms with van der Waals surface area (Å²) in [5.74, 6) is 0.958. The van der Waals surface area contributed by atoms with Gasteiger partial charge in [0.15, 0.2) is 11.5 Å². The van der Waals surface area contributed by atoms with Gasteiger partial charge in [0.05, 0.1) is 0 Å². The van der Waals surface area contributed by atoms with Crippen LogP contribution in [0.3, 0.4) is 0 Å². The molecule has 2 heterocycles. The van der Waals surface area contributed by atoms with Crippen LogP contribution in [-0.2, 0) is 6.54 Å². The Morgan fingerprint density at radius 1 is 1.22 bits per heavy atom. The first-order valence-electron chi connectivity index (χ1n) is 8.50. The van der Waals surface area contributed by atoms with Crippen LogP contribution in [-0.4, -0.2) is 29.2 Å². The maximum atomic E-state index is 10.4. The van der Waals surface area contributed by atoms with Gasteiger partial charge >= 0.3 is 0 Å². The Hall–Kier alpha value is -1.52. The molecule has 1 N–H and O–H groups in total. The van der Waals surface area contributed by atoms with Crippen LogP contribution in [0.5, 0.6) is 11.5 Å². The molecule has 4 rings (SSSR count). The van der Waals surface area contributed by atoms with Crippen molar-refractivity contribution in [3.05, 3.63) is 34.7 Å². The molecule has 0 spiro atoms. The Balaban J connectivity index is 1.68. The first-order valence-corrected chi connectivity index (χ1v) is 9.32. The maximum absolute atomic E-state index is 10.4. The fourth-order valence-corrected chi connectivity index (χ4v) is 4.69. The smallest absolute Gasteiger partial charge is 0.165 e. The summed E-state index contributed by atoms with van der Waals surface area (Å²) in [5, 5.41) is 10.4. The highest BCUT2D eigenvalue weighted by Gasteiger charge is 2.27. The maximum Gasteiger partial charge on any atom is 0.165 e. The number of benzene rings is 1. The number of rotatable bonds is 2. The third-order valence-electron chi connectivity index (χ3n) is 5.01. The zero-order chi connectivity index (χ0) is 15.8. The summed E-state index contributed by atoms with van der Waals surface area (Å²) >= 11 is 1.77. The van der Waals surface area contributed by atoms with E-state index in [0.717, 1.165) is 24.2 Å². The van der Waals surface area contributed by atoms with Crippen LogP contribution in [0.15, 0.2) is 24.3 Å². The van der Waals surface area contributed by atoms with Crippen molar-refractivity contribution in [2.75, 3.05) is 13.2 Å². The van der Waals surface area contributed by atoms with E-state index in [1.54, 1.807) is 11.3 Å². The molecule has 0 bridgehead atoms. The highest BCUT2D eigenvalue weighted by molar-refractivity contribution is 7.15. The zero-order valence-electron chi connectivity index (χ0n) is 13.5. The molecule has 0 saturated heterocycles. The standard InChI is InChI=1S/C19H23NO2S/c1-13-6-7-18(23-13)14-10-15-12-20(16-4-2-3-5-16)8-9-22-19(15)17(21)11-14/h6-7,10-11,16,21H,2-5,8-9,12H2,1H3. The van der Waals surface area contributed by atoms with Gasteiger partial charge < -0.3 is 9.84 Å². The SMILES string of the molecule is Cc1ccc(-c2cc(O)c3c(c2)CN(C2CCCC2)CCO3)s1. The Morgan fingerprint density at radius 2 is 2.04 bits per heavy atom. The molecular weight excluding hydrogens is 306 g/mol. The summed E-state index contributed by atoms with van der Waals surface area (Å²) in [6.07, 6.45) is 5.28. The number of aromatic hydroxyl groups is 1. The number of thiophene rings is 1. The Morgan fingerprint density at radius 3 is 2.78 bits per heavy atom. The number of nitrogens with zero attached hydrogens (tertiary/aromatic N) is 1. The number of ether oxygens (including phenoxy) is 1. The lowest BCUT2D eigenvalue weighted by Crippen LogP contribution is -2.34. The number of hydrogen-bond acceptors (Lipinski definition) is 4. The molecule has 0 radical (unpaired) electrons. The van der Waals surface area contributed by atoms with Crippen LogP contribution < -0.4 is 4.74 Å². The molecular formula is C19H23NO2S. The van der Waals surface area contributed by atoms with E-state index in [1.165, 1.54) is 35.4 Å². The zero-order valence-corrected chi connectivity index (χ0v) is 14.4.